The summed E-state index contributed by atoms with van der Waals surface area (Å²) in [5.41, 5.74) is 7.02. The Morgan fingerprint density at radius 2 is 1.87 bits per heavy atom. The summed E-state index contributed by atoms with van der Waals surface area (Å²) < 4.78 is 0. The van der Waals surface area contributed by atoms with Crippen molar-refractivity contribution in [1.29, 1.82) is 0 Å². The topological polar surface area (TPSA) is 3.24 Å². The summed E-state index contributed by atoms with van der Waals surface area (Å²) in [7, 11) is 0. The Kier molecular flexibility index (Phi) is 3.57. The zero-order valence-electron chi connectivity index (χ0n) is 13.9. The summed E-state index contributed by atoms with van der Waals surface area (Å²) in [4.78, 5) is 2.45. The third-order valence-corrected chi connectivity index (χ3v) is 4.78. The Balaban J connectivity index is 1.70. The maximum atomic E-state index is 2.46. The van der Waals surface area contributed by atoms with Gasteiger partial charge in [-0.25, -0.2) is 0 Å². The molecule has 1 atom stereocenters. The predicted octanol–water partition coefficient (Wildman–Crippen LogP) is 5.71. The predicted molar refractivity (Wildman–Crippen MR) is 96.8 cm³/mol. The van der Waals surface area contributed by atoms with Crippen molar-refractivity contribution in [1.82, 2.24) is 4.90 Å². The Labute approximate surface area is 139 Å². The van der Waals surface area contributed by atoms with Gasteiger partial charge in [-0.05, 0) is 52.3 Å². The summed E-state index contributed by atoms with van der Waals surface area (Å²) in [5, 5.41) is 0. The normalized spacial score (nSPS) is 18.8. The van der Waals surface area contributed by atoms with E-state index in [1.165, 1.54) is 27.8 Å². The van der Waals surface area contributed by atoms with Gasteiger partial charge >= 0.3 is 0 Å². The lowest BCUT2D eigenvalue weighted by atomic mass is 9.94. The quantitative estimate of drug-likeness (QED) is 0.702. The zero-order chi connectivity index (χ0) is 15.8. The van der Waals surface area contributed by atoms with Crippen LogP contribution in [0.5, 0.6) is 0 Å². The molecule has 23 heavy (non-hydrogen) atoms. The van der Waals surface area contributed by atoms with Gasteiger partial charge in [0.1, 0.15) is 0 Å². The van der Waals surface area contributed by atoms with Crippen LogP contribution >= 0.6 is 0 Å². The van der Waals surface area contributed by atoms with E-state index in [9.17, 15) is 0 Å². The van der Waals surface area contributed by atoms with E-state index in [0.717, 1.165) is 13.0 Å². The van der Waals surface area contributed by atoms with Gasteiger partial charge < -0.3 is 4.90 Å². The number of benzene rings is 2. The second kappa shape index (κ2) is 5.73. The van der Waals surface area contributed by atoms with Crippen LogP contribution in [0.15, 0.2) is 72.5 Å². The highest BCUT2D eigenvalue weighted by Gasteiger charge is 2.28. The molecule has 1 heteroatoms. The molecule has 0 aliphatic carbocycles. The van der Waals surface area contributed by atoms with Crippen LogP contribution in [-0.4, -0.2) is 4.90 Å². The maximum absolute atomic E-state index is 2.46. The second-order valence-corrected chi connectivity index (χ2v) is 7.05. The van der Waals surface area contributed by atoms with Crippen LogP contribution in [0.25, 0.3) is 11.1 Å². The molecule has 1 unspecified atom stereocenters. The molecule has 0 spiro atoms. The fraction of sp³-hybridized carbons (Fsp3) is 0.273. The first-order chi connectivity index (χ1) is 11.2. The lowest BCUT2D eigenvalue weighted by Crippen LogP contribution is -2.17. The van der Waals surface area contributed by atoms with Gasteiger partial charge in [-0.1, -0.05) is 62.4 Å². The van der Waals surface area contributed by atoms with Crippen molar-refractivity contribution < 1.29 is 0 Å². The van der Waals surface area contributed by atoms with E-state index in [-0.39, 0.29) is 0 Å². The van der Waals surface area contributed by atoms with Crippen molar-refractivity contribution in [2.45, 2.75) is 32.9 Å². The molecule has 0 radical (unpaired) electrons. The van der Waals surface area contributed by atoms with Crippen molar-refractivity contribution >= 4 is 0 Å². The van der Waals surface area contributed by atoms with Crippen molar-refractivity contribution in [2.75, 3.05) is 0 Å². The Morgan fingerprint density at radius 1 is 1.04 bits per heavy atom. The fourth-order valence-corrected chi connectivity index (χ4v) is 3.69. The number of fused-ring (bicyclic) bond motifs is 3. The van der Waals surface area contributed by atoms with E-state index in [1.807, 2.05) is 0 Å². The molecule has 0 N–H and O–H groups in total. The first-order valence-electron chi connectivity index (χ1n) is 8.53. The van der Waals surface area contributed by atoms with Gasteiger partial charge in [0, 0.05) is 12.7 Å². The molecule has 0 saturated heterocycles. The Morgan fingerprint density at radius 3 is 2.65 bits per heavy atom. The monoisotopic (exact) mass is 301 g/mol. The third kappa shape index (κ3) is 2.72. The van der Waals surface area contributed by atoms with E-state index in [2.05, 4.69) is 85.6 Å². The van der Waals surface area contributed by atoms with Gasteiger partial charge in [0.2, 0.25) is 0 Å². The molecule has 2 aliphatic heterocycles. The molecule has 0 bridgehead atoms. The molecule has 4 rings (SSSR count). The number of nitrogens with zero attached hydrogens (tertiary/aromatic N) is 1. The molecule has 0 amide bonds. The van der Waals surface area contributed by atoms with Gasteiger partial charge in [0.25, 0.3) is 0 Å². The van der Waals surface area contributed by atoms with Crippen LogP contribution in [0.2, 0.25) is 0 Å². The molecule has 0 fully saturated rings. The van der Waals surface area contributed by atoms with Gasteiger partial charge in [0.15, 0.2) is 0 Å². The fourth-order valence-electron chi connectivity index (χ4n) is 3.69. The molecular formula is C22H23N. The summed E-state index contributed by atoms with van der Waals surface area (Å²) in [6, 6.07) is 18.0. The van der Waals surface area contributed by atoms with Gasteiger partial charge in [0.05, 0.1) is 6.04 Å². The largest absolute Gasteiger partial charge is 0.363 e. The Hall–Kier alpha value is -2.28. The highest BCUT2D eigenvalue weighted by molar-refractivity contribution is 5.66. The van der Waals surface area contributed by atoms with Crippen LogP contribution in [-0.2, 0) is 6.54 Å². The minimum atomic E-state index is 0.410. The molecule has 0 saturated carbocycles. The standard InChI is InChI=1S/C22H23N/c1-16(2)12-17-10-11-23-15-20-9-8-19(14-21(20)22(23)13-17)18-6-4-3-5-7-18/h3-11,13-14,16,22H,12,15H2,1-2H3. The van der Waals surface area contributed by atoms with Crippen molar-refractivity contribution in [3.05, 3.63) is 83.6 Å². The third-order valence-electron chi connectivity index (χ3n) is 4.78. The molecule has 2 aromatic rings. The highest BCUT2D eigenvalue weighted by Crippen LogP contribution is 2.40. The van der Waals surface area contributed by atoms with Crippen LogP contribution in [0, 0.1) is 5.92 Å². The van der Waals surface area contributed by atoms with E-state index in [4.69, 9.17) is 0 Å². The minimum absolute atomic E-state index is 0.410. The maximum Gasteiger partial charge on any atom is 0.0734 e. The van der Waals surface area contributed by atoms with Crippen molar-refractivity contribution in [2.24, 2.45) is 5.92 Å². The highest BCUT2D eigenvalue weighted by atomic mass is 15.2. The molecule has 2 heterocycles. The number of allylic oxidation sites excluding steroid dienone is 2. The van der Waals surface area contributed by atoms with E-state index in [0.29, 0.717) is 12.0 Å². The average Bonchev–Trinajstić information content (AvgIpc) is 2.92. The van der Waals surface area contributed by atoms with Crippen LogP contribution in [0.3, 0.4) is 0 Å². The molecule has 2 aliphatic rings. The molecule has 0 aromatic heterocycles. The average molecular weight is 301 g/mol. The second-order valence-electron chi connectivity index (χ2n) is 7.05. The molecule has 116 valence electrons. The number of hydrogen-bond donors (Lipinski definition) is 0. The summed E-state index contributed by atoms with van der Waals surface area (Å²) in [6.07, 6.45) is 8.19. The lowest BCUT2D eigenvalue weighted by Gasteiger charge is -2.26. The smallest absolute Gasteiger partial charge is 0.0734 e. The van der Waals surface area contributed by atoms with Crippen molar-refractivity contribution in [3.8, 4) is 11.1 Å². The van der Waals surface area contributed by atoms with E-state index < -0.39 is 0 Å². The molecule has 2 aromatic carbocycles. The lowest BCUT2D eigenvalue weighted by molar-refractivity contribution is 0.346. The Bertz CT molecular complexity index is 768. The van der Waals surface area contributed by atoms with E-state index in [1.54, 1.807) is 0 Å². The number of rotatable bonds is 3. The van der Waals surface area contributed by atoms with Crippen molar-refractivity contribution in [3.63, 3.8) is 0 Å². The van der Waals surface area contributed by atoms with Gasteiger partial charge in [-0.15, -0.1) is 0 Å². The molecular weight excluding hydrogens is 278 g/mol. The summed E-state index contributed by atoms with van der Waals surface area (Å²) in [6.45, 7) is 5.60. The van der Waals surface area contributed by atoms with E-state index >= 15 is 0 Å². The van der Waals surface area contributed by atoms with Crippen LogP contribution in [0.4, 0.5) is 0 Å². The molecule has 1 nitrogen and oxygen atoms in total. The van der Waals surface area contributed by atoms with Gasteiger partial charge in [-0.2, -0.15) is 0 Å². The van der Waals surface area contributed by atoms with Crippen LogP contribution in [0.1, 0.15) is 37.4 Å². The first kappa shape index (κ1) is 14.3. The van der Waals surface area contributed by atoms with Gasteiger partial charge in [-0.3, -0.25) is 0 Å². The first-order valence-corrected chi connectivity index (χ1v) is 8.53. The summed E-state index contributed by atoms with van der Waals surface area (Å²) in [5.74, 6) is 0.703. The zero-order valence-corrected chi connectivity index (χ0v) is 13.9. The summed E-state index contributed by atoms with van der Waals surface area (Å²) >= 11 is 0. The minimum Gasteiger partial charge on any atom is -0.363 e. The van der Waals surface area contributed by atoms with Crippen LogP contribution < -0.4 is 0 Å². The number of hydrogen-bond acceptors (Lipinski definition) is 1. The SMILES string of the molecule is CC(C)CC1=CC2c3cc(-c4ccccc4)ccc3CN2C=C1.